The summed E-state index contributed by atoms with van der Waals surface area (Å²) < 4.78 is 6.65. The predicted molar refractivity (Wildman–Crippen MR) is 97.6 cm³/mol. The third-order valence-electron chi connectivity index (χ3n) is 5.40. The van der Waals surface area contributed by atoms with Gasteiger partial charge < -0.3 is 4.43 Å². The van der Waals surface area contributed by atoms with Gasteiger partial charge in [-0.3, -0.25) is 4.79 Å². The van der Waals surface area contributed by atoms with Gasteiger partial charge in [0.05, 0.1) is 6.10 Å². The Bertz CT molecular complexity index is 490. The van der Waals surface area contributed by atoms with Crippen LogP contribution in [0.1, 0.15) is 61.3 Å². The molecule has 3 heteroatoms. The molecule has 0 bridgehead atoms. The Morgan fingerprint density at radius 3 is 2.32 bits per heavy atom. The monoisotopic (exact) mass is 322 g/mol. The van der Waals surface area contributed by atoms with Crippen LogP contribution in [0, 0.1) is 5.41 Å². The second kappa shape index (κ2) is 6.44. The molecular weight excluding hydrogens is 288 g/mol. The van der Waals surface area contributed by atoms with Gasteiger partial charge >= 0.3 is 0 Å². The highest BCUT2D eigenvalue weighted by Crippen LogP contribution is 2.45. The standard InChI is InChI=1S/C19H34O2Si/c1-14(20)10-11-16-15(2)17(12-13-19(16,6)7)21-22(8,9)18(3,4)5/h10-11,17H,12-13H2,1-9H3/b11-10+. The van der Waals surface area contributed by atoms with Gasteiger partial charge in [-0.1, -0.05) is 40.7 Å². The molecule has 0 aromatic carbocycles. The smallest absolute Gasteiger partial charge is 0.192 e. The van der Waals surface area contributed by atoms with Crippen molar-refractivity contribution in [1.82, 2.24) is 0 Å². The van der Waals surface area contributed by atoms with E-state index in [1.807, 2.05) is 6.08 Å². The number of rotatable bonds is 4. The molecule has 1 aliphatic rings. The molecule has 0 radical (unpaired) electrons. The van der Waals surface area contributed by atoms with Crippen molar-refractivity contribution >= 4 is 14.1 Å². The Labute approximate surface area is 138 Å². The number of allylic oxidation sites excluding steroid dienone is 3. The normalized spacial score (nSPS) is 23.2. The Morgan fingerprint density at radius 2 is 1.86 bits per heavy atom. The fourth-order valence-electron chi connectivity index (χ4n) is 2.79. The molecule has 1 atom stereocenters. The lowest BCUT2D eigenvalue weighted by molar-refractivity contribution is -0.112. The van der Waals surface area contributed by atoms with Crippen molar-refractivity contribution in [2.45, 2.75) is 85.5 Å². The molecule has 0 saturated carbocycles. The maximum atomic E-state index is 11.3. The fourth-order valence-corrected chi connectivity index (χ4v) is 4.15. The molecule has 0 aliphatic heterocycles. The molecule has 0 fully saturated rings. The Kier molecular flexibility index (Phi) is 5.67. The van der Waals surface area contributed by atoms with E-state index in [1.54, 1.807) is 13.0 Å². The van der Waals surface area contributed by atoms with E-state index in [9.17, 15) is 4.79 Å². The van der Waals surface area contributed by atoms with Gasteiger partial charge in [0.25, 0.3) is 0 Å². The molecule has 1 aliphatic carbocycles. The third kappa shape index (κ3) is 4.42. The van der Waals surface area contributed by atoms with Crippen molar-refractivity contribution in [3.8, 4) is 0 Å². The molecule has 1 unspecified atom stereocenters. The fraction of sp³-hybridized carbons (Fsp3) is 0.737. The zero-order valence-corrected chi connectivity index (χ0v) is 17.0. The van der Waals surface area contributed by atoms with Crippen molar-refractivity contribution in [3.63, 3.8) is 0 Å². The molecule has 0 heterocycles. The van der Waals surface area contributed by atoms with E-state index in [0.29, 0.717) is 0 Å². The van der Waals surface area contributed by atoms with Crippen molar-refractivity contribution in [3.05, 3.63) is 23.3 Å². The maximum absolute atomic E-state index is 11.3. The van der Waals surface area contributed by atoms with Crippen molar-refractivity contribution in [1.29, 1.82) is 0 Å². The van der Waals surface area contributed by atoms with Crippen LogP contribution < -0.4 is 0 Å². The molecule has 0 aromatic rings. The van der Waals surface area contributed by atoms with E-state index < -0.39 is 8.32 Å². The summed E-state index contributed by atoms with van der Waals surface area (Å²) in [7, 11) is -1.78. The summed E-state index contributed by atoms with van der Waals surface area (Å²) in [6, 6.07) is 0. The first-order valence-electron chi connectivity index (χ1n) is 8.36. The van der Waals surface area contributed by atoms with E-state index in [-0.39, 0.29) is 22.3 Å². The zero-order valence-electron chi connectivity index (χ0n) is 16.0. The quantitative estimate of drug-likeness (QED) is 0.493. The molecule has 1 rings (SSSR count). The summed E-state index contributed by atoms with van der Waals surface area (Å²) in [5, 5.41) is 0.218. The van der Waals surface area contributed by atoms with Gasteiger partial charge in [-0.2, -0.15) is 0 Å². The number of carbonyl (C=O) groups excluding carboxylic acids is 1. The van der Waals surface area contributed by atoms with Gasteiger partial charge in [0, 0.05) is 0 Å². The largest absolute Gasteiger partial charge is 0.410 e. The average molecular weight is 323 g/mol. The molecule has 2 nitrogen and oxygen atoms in total. The van der Waals surface area contributed by atoms with E-state index in [0.717, 1.165) is 12.8 Å². The summed E-state index contributed by atoms with van der Waals surface area (Å²) in [4.78, 5) is 11.3. The minimum absolute atomic E-state index is 0.100. The minimum atomic E-state index is -1.78. The van der Waals surface area contributed by atoms with E-state index in [1.165, 1.54) is 11.1 Å². The van der Waals surface area contributed by atoms with E-state index in [2.05, 4.69) is 54.6 Å². The lowest BCUT2D eigenvalue weighted by Crippen LogP contribution is -2.45. The zero-order chi connectivity index (χ0) is 17.3. The molecule has 0 N–H and O–H groups in total. The highest BCUT2D eigenvalue weighted by atomic mass is 28.4. The van der Waals surface area contributed by atoms with Crippen molar-refractivity contribution in [2.24, 2.45) is 5.41 Å². The van der Waals surface area contributed by atoms with Gasteiger partial charge in [0.1, 0.15) is 0 Å². The number of hydrogen-bond acceptors (Lipinski definition) is 2. The lowest BCUT2D eigenvalue weighted by Gasteiger charge is -2.44. The summed E-state index contributed by atoms with van der Waals surface area (Å²) >= 11 is 0. The van der Waals surface area contributed by atoms with Gasteiger partial charge in [-0.15, -0.1) is 0 Å². The van der Waals surface area contributed by atoms with Crippen LogP contribution >= 0.6 is 0 Å². The van der Waals surface area contributed by atoms with Crippen LogP contribution in [0.4, 0.5) is 0 Å². The maximum Gasteiger partial charge on any atom is 0.192 e. The van der Waals surface area contributed by atoms with Crippen LogP contribution in [0.5, 0.6) is 0 Å². The number of carbonyl (C=O) groups is 1. The second-order valence-corrected chi connectivity index (χ2v) is 13.6. The number of hydrogen-bond donors (Lipinski definition) is 0. The van der Waals surface area contributed by atoms with Crippen LogP contribution in [0.25, 0.3) is 0 Å². The molecule has 0 saturated heterocycles. The first-order valence-corrected chi connectivity index (χ1v) is 11.3. The second-order valence-electron chi connectivity index (χ2n) is 8.83. The lowest BCUT2D eigenvalue weighted by atomic mass is 9.71. The molecule has 0 amide bonds. The van der Waals surface area contributed by atoms with E-state index >= 15 is 0 Å². The minimum Gasteiger partial charge on any atom is -0.410 e. The summed E-state index contributed by atoms with van der Waals surface area (Å²) in [6.07, 6.45) is 6.07. The molecular formula is C19H34O2Si. The van der Waals surface area contributed by atoms with Gasteiger partial charge in [-0.25, -0.2) is 0 Å². The molecule has 22 heavy (non-hydrogen) atoms. The van der Waals surface area contributed by atoms with Crippen LogP contribution in [0.15, 0.2) is 23.3 Å². The highest BCUT2D eigenvalue weighted by Gasteiger charge is 2.41. The Morgan fingerprint density at radius 1 is 1.32 bits per heavy atom. The van der Waals surface area contributed by atoms with Crippen LogP contribution in [0.3, 0.4) is 0 Å². The molecule has 0 aromatic heterocycles. The Hall–Kier alpha value is -0.673. The highest BCUT2D eigenvalue weighted by molar-refractivity contribution is 6.74. The topological polar surface area (TPSA) is 26.3 Å². The first kappa shape index (κ1) is 19.4. The van der Waals surface area contributed by atoms with Crippen LogP contribution in [0.2, 0.25) is 18.1 Å². The summed E-state index contributed by atoms with van der Waals surface area (Å²) in [6.45, 7) is 19.8. The van der Waals surface area contributed by atoms with Gasteiger partial charge in [0.15, 0.2) is 14.1 Å². The first-order chi connectivity index (χ1) is 9.78. The average Bonchev–Trinajstić information content (AvgIpc) is 2.30. The predicted octanol–water partition coefficient (Wildman–Crippen LogP) is 5.66. The SMILES string of the molecule is CC(=O)/C=C/C1=C(C)C(O[Si](C)(C)C(C)(C)C)CCC1(C)C. The van der Waals surface area contributed by atoms with Crippen molar-refractivity contribution < 1.29 is 9.22 Å². The summed E-state index contributed by atoms with van der Waals surface area (Å²) in [5.41, 5.74) is 2.69. The third-order valence-corrected chi connectivity index (χ3v) is 9.88. The van der Waals surface area contributed by atoms with Crippen LogP contribution in [-0.4, -0.2) is 20.2 Å². The van der Waals surface area contributed by atoms with Gasteiger partial charge in [-0.05, 0) is 67.5 Å². The summed E-state index contributed by atoms with van der Waals surface area (Å²) in [5.74, 6) is 0.100. The van der Waals surface area contributed by atoms with Crippen molar-refractivity contribution in [2.75, 3.05) is 0 Å². The van der Waals surface area contributed by atoms with Crippen LogP contribution in [-0.2, 0) is 9.22 Å². The van der Waals surface area contributed by atoms with Gasteiger partial charge in [0.2, 0.25) is 0 Å². The van der Waals surface area contributed by atoms with E-state index in [4.69, 9.17) is 4.43 Å². The molecule has 126 valence electrons. The number of ketones is 1. The Balaban J connectivity index is 3.14. The molecule has 0 spiro atoms.